The van der Waals surface area contributed by atoms with Crippen molar-refractivity contribution >= 4 is 11.9 Å². The molecule has 0 spiro atoms. The minimum Gasteiger partial charge on any atom is -0.462 e. The van der Waals surface area contributed by atoms with Gasteiger partial charge in [-0.05, 0) is 38.5 Å². The third-order valence-corrected chi connectivity index (χ3v) is 7.23. The predicted molar refractivity (Wildman–Crippen MR) is 168 cm³/mol. The monoisotopic (exact) mass is 564 g/mol. The Morgan fingerprint density at radius 1 is 0.575 bits per heavy atom. The van der Waals surface area contributed by atoms with Gasteiger partial charge >= 0.3 is 11.9 Å². The number of carbonyl (C=O) groups is 2. The lowest BCUT2D eigenvalue weighted by Crippen LogP contribution is -2.28. The highest BCUT2D eigenvalue weighted by molar-refractivity contribution is 5.70. The number of hydrogen-bond donors (Lipinski definition) is 1. The topological polar surface area (TPSA) is 72.8 Å². The van der Waals surface area contributed by atoms with Crippen molar-refractivity contribution in [1.29, 1.82) is 0 Å². The van der Waals surface area contributed by atoms with Crippen LogP contribution in [0.2, 0.25) is 0 Å². The summed E-state index contributed by atoms with van der Waals surface area (Å²) in [6.45, 7) is 4.05. The SMILES string of the molecule is CCC/C=C\C/C=C\CCCCCCCC(=O)OC(CO)COC(=O)CCCCCCCCCCCCCCC. The Hall–Kier alpha value is -1.62. The molecule has 0 amide bonds. The molecule has 0 rings (SSSR count). The molecule has 234 valence electrons. The lowest BCUT2D eigenvalue weighted by Gasteiger charge is -2.15. The van der Waals surface area contributed by atoms with Gasteiger partial charge in [0.2, 0.25) is 0 Å². The summed E-state index contributed by atoms with van der Waals surface area (Å²) in [7, 11) is 0. The van der Waals surface area contributed by atoms with Gasteiger partial charge in [-0.15, -0.1) is 0 Å². The molecule has 0 saturated heterocycles. The van der Waals surface area contributed by atoms with E-state index in [-0.39, 0.29) is 25.2 Å². The van der Waals surface area contributed by atoms with E-state index in [0.29, 0.717) is 12.8 Å². The molecule has 0 aliphatic rings. The van der Waals surface area contributed by atoms with Crippen LogP contribution in [0.25, 0.3) is 0 Å². The second kappa shape index (κ2) is 31.9. The van der Waals surface area contributed by atoms with Crippen LogP contribution in [0, 0.1) is 0 Å². The van der Waals surface area contributed by atoms with Crippen LogP contribution in [0.1, 0.15) is 168 Å². The highest BCUT2D eigenvalue weighted by Crippen LogP contribution is 2.13. The van der Waals surface area contributed by atoms with Crippen LogP contribution in [0.15, 0.2) is 24.3 Å². The normalized spacial score (nSPS) is 12.4. The zero-order chi connectivity index (χ0) is 29.4. The van der Waals surface area contributed by atoms with Gasteiger partial charge in [0.25, 0.3) is 0 Å². The van der Waals surface area contributed by atoms with Crippen molar-refractivity contribution in [2.24, 2.45) is 0 Å². The Kier molecular flexibility index (Phi) is 30.6. The molecule has 1 unspecified atom stereocenters. The van der Waals surface area contributed by atoms with Gasteiger partial charge < -0.3 is 14.6 Å². The van der Waals surface area contributed by atoms with Gasteiger partial charge in [-0.1, -0.05) is 141 Å². The van der Waals surface area contributed by atoms with Crippen LogP contribution in [0.3, 0.4) is 0 Å². The molecule has 5 heteroatoms. The number of carbonyl (C=O) groups excluding carboxylic acids is 2. The summed E-state index contributed by atoms with van der Waals surface area (Å²) in [5.41, 5.74) is 0. The molecule has 0 heterocycles. The molecule has 40 heavy (non-hydrogen) atoms. The van der Waals surface area contributed by atoms with E-state index in [1.807, 2.05) is 0 Å². The van der Waals surface area contributed by atoms with E-state index in [1.54, 1.807) is 0 Å². The van der Waals surface area contributed by atoms with E-state index < -0.39 is 6.10 Å². The standard InChI is InChI=1S/C35H64O5/c1-3-5-7-9-11-13-15-17-19-21-23-25-27-29-34(37)39-32-33(31-36)40-35(38)30-28-26-24-22-20-18-16-14-12-10-8-6-4-2/h8,10,14,16,33,36H,3-7,9,11-13,15,17-32H2,1-2H3/b10-8-,16-14-. The van der Waals surface area contributed by atoms with Gasteiger partial charge in [0, 0.05) is 12.8 Å². The molecule has 0 aromatic rings. The van der Waals surface area contributed by atoms with Crippen LogP contribution < -0.4 is 0 Å². The van der Waals surface area contributed by atoms with E-state index in [0.717, 1.165) is 57.8 Å². The fourth-order valence-electron chi connectivity index (χ4n) is 4.65. The lowest BCUT2D eigenvalue weighted by atomic mass is 10.0. The van der Waals surface area contributed by atoms with Crippen molar-refractivity contribution in [2.75, 3.05) is 13.2 Å². The van der Waals surface area contributed by atoms with Gasteiger partial charge in [0.05, 0.1) is 6.61 Å². The molecule has 0 aromatic carbocycles. The maximum absolute atomic E-state index is 12.1. The maximum atomic E-state index is 12.1. The average molecular weight is 565 g/mol. The predicted octanol–water partition coefficient (Wildman–Crippen LogP) is 9.95. The molecule has 1 atom stereocenters. The molecule has 1 N–H and O–H groups in total. The number of unbranched alkanes of at least 4 members (excludes halogenated alkanes) is 18. The molecular formula is C35H64O5. The first-order valence-corrected chi connectivity index (χ1v) is 16.9. The fraction of sp³-hybridized carbons (Fsp3) is 0.829. The number of ether oxygens (including phenoxy) is 2. The first-order chi connectivity index (χ1) is 19.6. The number of aliphatic hydroxyl groups excluding tert-OH is 1. The molecule has 0 radical (unpaired) electrons. The van der Waals surface area contributed by atoms with Crippen molar-refractivity contribution < 1.29 is 24.2 Å². The highest BCUT2D eigenvalue weighted by Gasteiger charge is 2.16. The molecule has 0 bridgehead atoms. The van der Waals surface area contributed by atoms with Crippen LogP contribution in [-0.4, -0.2) is 36.4 Å². The smallest absolute Gasteiger partial charge is 0.306 e. The van der Waals surface area contributed by atoms with Crippen molar-refractivity contribution in [2.45, 2.75) is 174 Å². The van der Waals surface area contributed by atoms with Crippen molar-refractivity contribution in [3.8, 4) is 0 Å². The fourth-order valence-corrected chi connectivity index (χ4v) is 4.65. The maximum Gasteiger partial charge on any atom is 0.306 e. The van der Waals surface area contributed by atoms with Gasteiger partial charge in [-0.3, -0.25) is 9.59 Å². The van der Waals surface area contributed by atoms with Crippen LogP contribution in [-0.2, 0) is 19.1 Å². The second-order valence-corrected chi connectivity index (χ2v) is 11.2. The third-order valence-electron chi connectivity index (χ3n) is 7.23. The van der Waals surface area contributed by atoms with Gasteiger partial charge in [0.1, 0.15) is 6.61 Å². The summed E-state index contributed by atoms with van der Waals surface area (Å²) in [5.74, 6) is -0.606. The van der Waals surface area contributed by atoms with Crippen molar-refractivity contribution in [3.63, 3.8) is 0 Å². The second-order valence-electron chi connectivity index (χ2n) is 11.2. The summed E-state index contributed by atoms with van der Waals surface area (Å²) in [6, 6.07) is 0. The molecule has 0 aliphatic carbocycles. The molecule has 0 fully saturated rings. The first kappa shape index (κ1) is 38.4. The Balaban J connectivity index is 3.59. The van der Waals surface area contributed by atoms with E-state index in [4.69, 9.17) is 9.47 Å². The quantitative estimate of drug-likeness (QED) is 0.0534. The van der Waals surface area contributed by atoms with Crippen LogP contribution >= 0.6 is 0 Å². The number of allylic oxidation sites excluding steroid dienone is 4. The number of hydrogen-bond acceptors (Lipinski definition) is 5. The van der Waals surface area contributed by atoms with Crippen molar-refractivity contribution in [3.05, 3.63) is 24.3 Å². The Morgan fingerprint density at radius 3 is 1.57 bits per heavy atom. The summed E-state index contributed by atoms with van der Waals surface area (Å²) < 4.78 is 10.5. The molecule has 0 saturated carbocycles. The zero-order valence-corrected chi connectivity index (χ0v) is 26.4. The largest absolute Gasteiger partial charge is 0.462 e. The lowest BCUT2D eigenvalue weighted by molar-refractivity contribution is -0.161. The Morgan fingerprint density at radius 2 is 1.05 bits per heavy atom. The zero-order valence-electron chi connectivity index (χ0n) is 26.4. The summed E-state index contributed by atoms with van der Waals surface area (Å²) in [4.78, 5) is 24.1. The number of aliphatic hydroxyl groups is 1. The number of rotatable bonds is 30. The first-order valence-electron chi connectivity index (χ1n) is 16.9. The molecule has 0 aliphatic heterocycles. The van der Waals surface area contributed by atoms with Crippen LogP contribution in [0.4, 0.5) is 0 Å². The van der Waals surface area contributed by atoms with Gasteiger partial charge in [0.15, 0.2) is 6.10 Å². The number of esters is 2. The summed E-state index contributed by atoms with van der Waals surface area (Å²) in [5, 5.41) is 9.49. The highest BCUT2D eigenvalue weighted by atomic mass is 16.6. The van der Waals surface area contributed by atoms with E-state index in [2.05, 4.69) is 38.2 Å². The summed E-state index contributed by atoms with van der Waals surface area (Å²) in [6.07, 6.45) is 35.1. The Labute approximate surface area is 247 Å². The molecule has 0 aromatic heterocycles. The Bertz CT molecular complexity index is 613. The van der Waals surface area contributed by atoms with Crippen molar-refractivity contribution in [1.82, 2.24) is 0 Å². The van der Waals surface area contributed by atoms with Gasteiger partial charge in [-0.25, -0.2) is 0 Å². The minimum atomic E-state index is -0.772. The third kappa shape index (κ3) is 29.4. The molecule has 5 nitrogen and oxygen atoms in total. The minimum absolute atomic E-state index is 0.0680. The van der Waals surface area contributed by atoms with E-state index in [9.17, 15) is 14.7 Å². The molecular weight excluding hydrogens is 500 g/mol. The average Bonchev–Trinajstić information content (AvgIpc) is 2.96. The van der Waals surface area contributed by atoms with E-state index in [1.165, 1.54) is 83.5 Å². The van der Waals surface area contributed by atoms with Gasteiger partial charge in [-0.2, -0.15) is 0 Å². The van der Waals surface area contributed by atoms with E-state index >= 15 is 0 Å². The summed E-state index contributed by atoms with van der Waals surface area (Å²) >= 11 is 0. The van der Waals surface area contributed by atoms with Crippen LogP contribution in [0.5, 0.6) is 0 Å².